The third-order valence-electron chi connectivity index (χ3n) is 5.61. The van der Waals surface area contributed by atoms with E-state index in [-0.39, 0.29) is 24.3 Å². The minimum atomic E-state index is -0.934. The fourth-order valence-electron chi connectivity index (χ4n) is 4.40. The second-order valence-corrected chi connectivity index (χ2v) is 8.31. The summed E-state index contributed by atoms with van der Waals surface area (Å²) in [5.74, 6) is -3.22. The SMILES string of the molecule is CCOC(=O)c1c(NC(=O)[C@H]2[C@@H](C(=O)O)[C@H]3C=C[C@@H]2CC3)sc(C)c1CC. The van der Waals surface area contributed by atoms with E-state index in [1.165, 1.54) is 11.3 Å². The zero-order valence-electron chi connectivity index (χ0n) is 15.8. The van der Waals surface area contributed by atoms with Crippen LogP contribution in [0.2, 0.25) is 0 Å². The van der Waals surface area contributed by atoms with Crippen LogP contribution in [0.5, 0.6) is 0 Å². The monoisotopic (exact) mass is 391 g/mol. The van der Waals surface area contributed by atoms with E-state index in [0.29, 0.717) is 17.0 Å². The van der Waals surface area contributed by atoms with Crippen molar-refractivity contribution in [3.63, 3.8) is 0 Å². The molecule has 7 heteroatoms. The first kappa shape index (κ1) is 19.6. The predicted molar refractivity (Wildman–Crippen MR) is 103 cm³/mol. The third-order valence-corrected chi connectivity index (χ3v) is 6.68. The molecule has 0 unspecified atom stereocenters. The number of carboxylic acid groups (broad SMARTS) is 1. The van der Waals surface area contributed by atoms with Gasteiger partial charge in [-0.3, -0.25) is 9.59 Å². The fraction of sp³-hybridized carbons (Fsp3) is 0.550. The van der Waals surface area contributed by atoms with E-state index in [1.54, 1.807) is 6.92 Å². The minimum Gasteiger partial charge on any atom is -0.481 e. The van der Waals surface area contributed by atoms with Crippen LogP contribution in [0.3, 0.4) is 0 Å². The Kier molecular flexibility index (Phi) is 5.69. The number of rotatable bonds is 6. The van der Waals surface area contributed by atoms with Crippen molar-refractivity contribution in [1.29, 1.82) is 0 Å². The molecule has 3 aliphatic rings. The highest BCUT2D eigenvalue weighted by Gasteiger charge is 2.48. The van der Waals surface area contributed by atoms with E-state index in [9.17, 15) is 19.5 Å². The second-order valence-electron chi connectivity index (χ2n) is 7.08. The van der Waals surface area contributed by atoms with E-state index < -0.39 is 23.8 Å². The summed E-state index contributed by atoms with van der Waals surface area (Å²) >= 11 is 1.34. The zero-order chi connectivity index (χ0) is 19.7. The Balaban J connectivity index is 1.91. The molecule has 6 nitrogen and oxygen atoms in total. The summed E-state index contributed by atoms with van der Waals surface area (Å²) in [6.45, 7) is 5.86. The number of anilines is 1. The van der Waals surface area contributed by atoms with Crippen molar-refractivity contribution in [2.45, 2.75) is 40.0 Å². The molecule has 4 atom stereocenters. The molecule has 27 heavy (non-hydrogen) atoms. The summed E-state index contributed by atoms with van der Waals surface area (Å²) < 4.78 is 5.17. The lowest BCUT2D eigenvalue weighted by molar-refractivity contribution is -0.151. The van der Waals surface area contributed by atoms with Gasteiger partial charge in [0, 0.05) is 4.88 Å². The molecule has 0 aliphatic heterocycles. The van der Waals surface area contributed by atoms with Gasteiger partial charge >= 0.3 is 11.9 Å². The number of aryl methyl sites for hydroxylation is 1. The van der Waals surface area contributed by atoms with Gasteiger partial charge in [-0.05, 0) is 50.5 Å². The van der Waals surface area contributed by atoms with Gasteiger partial charge in [0.05, 0.1) is 24.0 Å². The van der Waals surface area contributed by atoms with Gasteiger partial charge in [0.15, 0.2) is 0 Å². The normalized spacial score (nSPS) is 26.0. The number of esters is 1. The number of hydrogen-bond donors (Lipinski definition) is 2. The fourth-order valence-corrected chi connectivity index (χ4v) is 5.53. The number of hydrogen-bond acceptors (Lipinski definition) is 5. The first-order chi connectivity index (χ1) is 12.9. The molecule has 3 aliphatic carbocycles. The number of allylic oxidation sites excluding steroid dienone is 2. The van der Waals surface area contributed by atoms with Crippen molar-refractivity contribution in [3.8, 4) is 0 Å². The summed E-state index contributed by atoms with van der Waals surface area (Å²) in [4.78, 5) is 38.2. The van der Waals surface area contributed by atoms with Crippen molar-refractivity contribution in [2.75, 3.05) is 11.9 Å². The summed E-state index contributed by atoms with van der Waals surface area (Å²) in [5, 5.41) is 13.0. The molecular weight excluding hydrogens is 366 g/mol. The van der Waals surface area contributed by atoms with Crippen LogP contribution in [-0.4, -0.2) is 29.6 Å². The molecule has 0 radical (unpaired) electrons. The van der Waals surface area contributed by atoms with Crippen molar-refractivity contribution < 1.29 is 24.2 Å². The van der Waals surface area contributed by atoms with Crippen LogP contribution in [0.25, 0.3) is 0 Å². The van der Waals surface area contributed by atoms with Crippen molar-refractivity contribution in [2.24, 2.45) is 23.7 Å². The summed E-state index contributed by atoms with van der Waals surface area (Å²) in [5.41, 5.74) is 1.27. The molecule has 1 aromatic heterocycles. The number of aliphatic carboxylic acids is 1. The van der Waals surface area contributed by atoms with Crippen molar-refractivity contribution in [3.05, 3.63) is 28.2 Å². The van der Waals surface area contributed by atoms with Gasteiger partial charge in [-0.1, -0.05) is 19.1 Å². The van der Waals surface area contributed by atoms with Crippen molar-refractivity contribution >= 4 is 34.2 Å². The maximum absolute atomic E-state index is 13.1. The Morgan fingerprint density at radius 3 is 2.33 bits per heavy atom. The smallest absolute Gasteiger partial charge is 0.341 e. The minimum absolute atomic E-state index is 0.0751. The van der Waals surface area contributed by atoms with Crippen LogP contribution < -0.4 is 5.32 Å². The lowest BCUT2D eigenvalue weighted by Crippen LogP contribution is -2.47. The molecule has 1 amide bonds. The van der Waals surface area contributed by atoms with E-state index >= 15 is 0 Å². The van der Waals surface area contributed by atoms with E-state index in [1.807, 2.05) is 26.0 Å². The average molecular weight is 391 g/mol. The van der Waals surface area contributed by atoms with Gasteiger partial charge < -0.3 is 15.2 Å². The molecule has 146 valence electrons. The number of ether oxygens (including phenoxy) is 1. The Bertz CT molecular complexity index is 797. The summed E-state index contributed by atoms with van der Waals surface area (Å²) in [7, 11) is 0. The quantitative estimate of drug-likeness (QED) is 0.570. The zero-order valence-corrected chi connectivity index (χ0v) is 16.6. The number of carbonyl (C=O) groups is 3. The van der Waals surface area contributed by atoms with E-state index in [0.717, 1.165) is 23.3 Å². The first-order valence-corrected chi connectivity index (χ1v) is 10.2. The summed E-state index contributed by atoms with van der Waals surface area (Å²) in [6, 6.07) is 0. The predicted octanol–water partition coefficient (Wildman–Crippen LogP) is 3.65. The van der Waals surface area contributed by atoms with Gasteiger partial charge in [-0.25, -0.2) is 4.79 Å². The third kappa shape index (κ3) is 3.52. The highest BCUT2D eigenvalue weighted by atomic mass is 32.1. The summed E-state index contributed by atoms with van der Waals surface area (Å²) in [6.07, 6.45) is 6.18. The van der Waals surface area contributed by atoms with Crippen molar-refractivity contribution in [1.82, 2.24) is 0 Å². The molecule has 1 heterocycles. The largest absolute Gasteiger partial charge is 0.481 e. The molecule has 0 saturated heterocycles. The van der Waals surface area contributed by atoms with Gasteiger partial charge in [0.2, 0.25) is 5.91 Å². The number of carboxylic acids is 1. The molecule has 1 saturated carbocycles. The Morgan fingerprint density at radius 2 is 1.81 bits per heavy atom. The lowest BCUT2D eigenvalue weighted by Gasteiger charge is -2.41. The maximum Gasteiger partial charge on any atom is 0.341 e. The van der Waals surface area contributed by atoms with Crippen LogP contribution in [0, 0.1) is 30.6 Å². The Morgan fingerprint density at radius 1 is 1.19 bits per heavy atom. The highest BCUT2D eigenvalue weighted by molar-refractivity contribution is 7.16. The molecule has 1 aromatic rings. The van der Waals surface area contributed by atoms with E-state index in [4.69, 9.17) is 4.74 Å². The second kappa shape index (κ2) is 7.84. The Hall–Kier alpha value is -2.15. The van der Waals surface area contributed by atoms with E-state index in [2.05, 4.69) is 5.32 Å². The number of nitrogens with one attached hydrogen (secondary N) is 1. The van der Waals surface area contributed by atoms with Gasteiger partial charge in [-0.15, -0.1) is 11.3 Å². The number of amides is 1. The van der Waals surface area contributed by atoms with Crippen LogP contribution >= 0.6 is 11.3 Å². The Labute approximate surface area is 162 Å². The van der Waals surface area contributed by atoms with Gasteiger partial charge in [0.1, 0.15) is 5.00 Å². The first-order valence-electron chi connectivity index (χ1n) is 9.40. The lowest BCUT2D eigenvalue weighted by atomic mass is 9.62. The van der Waals surface area contributed by atoms with Crippen LogP contribution in [0.1, 0.15) is 47.5 Å². The molecule has 4 rings (SSSR count). The standard InChI is InChI=1S/C20H25NO5S/c1-4-13-10(3)27-18(16(13)20(25)26-5-2)21-17(22)14-11-6-8-12(9-7-11)15(14)19(23)24/h6,8,11-12,14-15H,4-5,7,9H2,1-3H3,(H,21,22)(H,23,24)/t11-,12+,14-,15+/m1/s1. The highest BCUT2D eigenvalue weighted by Crippen LogP contribution is 2.46. The molecule has 0 aromatic carbocycles. The molecule has 0 spiro atoms. The molecule has 1 fully saturated rings. The van der Waals surface area contributed by atoms with Gasteiger partial charge in [0.25, 0.3) is 0 Å². The topological polar surface area (TPSA) is 92.7 Å². The van der Waals surface area contributed by atoms with Crippen LogP contribution in [0.4, 0.5) is 5.00 Å². The molecular formula is C20H25NO5S. The average Bonchev–Trinajstić information content (AvgIpc) is 2.96. The van der Waals surface area contributed by atoms with Crippen LogP contribution in [-0.2, 0) is 20.7 Å². The number of thiophene rings is 1. The van der Waals surface area contributed by atoms with Gasteiger partial charge in [-0.2, -0.15) is 0 Å². The maximum atomic E-state index is 13.1. The van der Waals surface area contributed by atoms with Crippen LogP contribution in [0.15, 0.2) is 12.2 Å². The molecule has 2 N–H and O–H groups in total. The molecule has 2 bridgehead atoms. The number of carbonyl (C=O) groups excluding carboxylic acids is 2. The number of fused-ring (bicyclic) bond motifs is 2.